The van der Waals surface area contributed by atoms with E-state index in [4.69, 9.17) is 4.74 Å². The molecule has 1 saturated carbocycles. The summed E-state index contributed by atoms with van der Waals surface area (Å²) < 4.78 is 5.86. The van der Waals surface area contributed by atoms with Gasteiger partial charge in [-0.25, -0.2) is 4.79 Å². The number of rotatable bonds is 6. The number of nitro groups is 1. The van der Waals surface area contributed by atoms with Crippen molar-refractivity contribution in [1.82, 2.24) is 10.2 Å². The van der Waals surface area contributed by atoms with Crippen molar-refractivity contribution >= 4 is 29.6 Å². The minimum Gasteiger partial charge on any atom is -0.488 e. The summed E-state index contributed by atoms with van der Waals surface area (Å²) in [5.41, 5.74) is 1.11. The summed E-state index contributed by atoms with van der Waals surface area (Å²) in [6.07, 6.45) is 5.85. The fourth-order valence-electron chi connectivity index (χ4n) is 4.10. The molecule has 1 saturated heterocycles. The number of barbiturate groups is 1. The van der Waals surface area contributed by atoms with E-state index in [9.17, 15) is 24.5 Å². The van der Waals surface area contributed by atoms with E-state index >= 15 is 0 Å². The Labute approximate surface area is 190 Å². The molecule has 0 spiro atoms. The van der Waals surface area contributed by atoms with Crippen molar-refractivity contribution in [2.45, 2.75) is 44.8 Å². The van der Waals surface area contributed by atoms with Crippen LogP contribution in [0.5, 0.6) is 5.75 Å². The van der Waals surface area contributed by atoms with Gasteiger partial charge in [-0.3, -0.25) is 29.9 Å². The van der Waals surface area contributed by atoms with Gasteiger partial charge >= 0.3 is 6.03 Å². The topological polar surface area (TPSA) is 119 Å². The zero-order chi connectivity index (χ0) is 23.4. The lowest BCUT2D eigenvalue weighted by Crippen LogP contribution is -2.58. The molecule has 0 aromatic heterocycles. The Bertz CT molecular complexity index is 1120. The van der Waals surface area contributed by atoms with Crippen LogP contribution >= 0.6 is 0 Å². The highest BCUT2D eigenvalue weighted by molar-refractivity contribution is 6.31. The van der Waals surface area contributed by atoms with Crippen LogP contribution in [0.1, 0.15) is 43.2 Å². The van der Waals surface area contributed by atoms with E-state index < -0.39 is 22.8 Å². The summed E-state index contributed by atoms with van der Waals surface area (Å²) in [5.74, 6) is -0.895. The lowest BCUT2D eigenvalue weighted by atomic mass is 9.93. The van der Waals surface area contributed by atoms with Crippen LogP contribution in [-0.4, -0.2) is 33.7 Å². The fraction of sp³-hybridized carbons (Fsp3) is 0.292. The van der Waals surface area contributed by atoms with Gasteiger partial charge in [0.15, 0.2) is 0 Å². The molecule has 0 bridgehead atoms. The van der Waals surface area contributed by atoms with E-state index in [0.717, 1.165) is 37.7 Å². The van der Waals surface area contributed by atoms with Gasteiger partial charge in [0.2, 0.25) is 0 Å². The number of carbonyl (C=O) groups excluding carboxylic acids is 3. The third-order valence-electron chi connectivity index (χ3n) is 5.83. The van der Waals surface area contributed by atoms with Gasteiger partial charge in [0.1, 0.15) is 17.9 Å². The fourth-order valence-corrected chi connectivity index (χ4v) is 4.10. The first kappa shape index (κ1) is 22.2. The van der Waals surface area contributed by atoms with E-state index in [-0.39, 0.29) is 23.9 Å². The molecule has 4 rings (SSSR count). The number of ether oxygens (including phenoxy) is 1. The lowest BCUT2D eigenvalue weighted by Gasteiger charge is -2.35. The van der Waals surface area contributed by atoms with Gasteiger partial charge in [-0.15, -0.1) is 0 Å². The molecule has 2 fully saturated rings. The Hall–Kier alpha value is -4.01. The monoisotopic (exact) mass is 449 g/mol. The first-order valence-corrected chi connectivity index (χ1v) is 10.8. The number of para-hydroxylation sites is 1. The van der Waals surface area contributed by atoms with Crippen LogP contribution in [0.2, 0.25) is 0 Å². The van der Waals surface area contributed by atoms with Crippen molar-refractivity contribution in [3.05, 3.63) is 75.3 Å². The van der Waals surface area contributed by atoms with E-state index in [1.54, 1.807) is 36.4 Å². The van der Waals surface area contributed by atoms with Gasteiger partial charge in [-0.1, -0.05) is 37.5 Å². The molecule has 2 aromatic carbocycles. The molecule has 1 N–H and O–H groups in total. The number of hydrogen-bond acceptors (Lipinski definition) is 6. The molecule has 1 aliphatic heterocycles. The Morgan fingerprint density at radius 2 is 1.73 bits per heavy atom. The molecular weight excluding hydrogens is 426 g/mol. The van der Waals surface area contributed by atoms with Crippen LogP contribution in [-0.2, 0) is 16.2 Å². The first-order chi connectivity index (χ1) is 15.9. The smallest absolute Gasteiger partial charge is 0.331 e. The van der Waals surface area contributed by atoms with Crippen LogP contribution in [0.15, 0.2) is 54.1 Å². The average Bonchev–Trinajstić information content (AvgIpc) is 2.82. The number of nitrogens with one attached hydrogen (secondary N) is 1. The van der Waals surface area contributed by atoms with Gasteiger partial charge in [0.25, 0.3) is 17.5 Å². The maximum atomic E-state index is 13.1. The lowest BCUT2D eigenvalue weighted by molar-refractivity contribution is -0.384. The van der Waals surface area contributed by atoms with Crippen molar-refractivity contribution in [1.29, 1.82) is 0 Å². The van der Waals surface area contributed by atoms with Gasteiger partial charge in [-0.05, 0) is 42.7 Å². The highest BCUT2D eigenvalue weighted by atomic mass is 16.6. The quantitative estimate of drug-likeness (QED) is 0.308. The van der Waals surface area contributed by atoms with Crippen molar-refractivity contribution in [3.8, 4) is 5.75 Å². The predicted molar refractivity (Wildman–Crippen MR) is 119 cm³/mol. The Morgan fingerprint density at radius 1 is 1.03 bits per heavy atom. The van der Waals surface area contributed by atoms with Gasteiger partial charge in [-0.2, -0.15) is 0 Å². The second-order valence-electron chi connectivity index (χ2n) is 8.03. The van der Waals surface area contributed by atoms with Crippen LogP contribution in [0.25, 0.3) is 6.08 Å². The largest absolute Gasteiger partial charge is 0.488 e. The summed E-state index contributed by atoms with van der Waals surface area (Å²) in [6.45, 7) is 0.144. The van der Waals surface area contributed by atoms with E-state index in [1.165, 1.54) is 23.1 Å². The second kappa shape index (κ2) is 9.64. The number of nitro benzene ring substituents is 1. The van der Waals surface area contributed by atoms with Crippen molar-refractivity contribution in [2.24, 2.45) is 0 Å². The average molecular weight is 449 g/mol. The van der Waals surface area contributed by atoms with Crippen LogP contribution < -0.4 is 10.1 Å². The molecule has 1 aliphatic carbocycles. The van der Waals surface area contributed by atoms with E-state index in [0.29, 0.717) is 11.3 Å². The summed E-state index contributed by atoms with van der Waals surface area (Å²) in [6, 6.07) is 12.0. The van der Waals surface area contributed by atoms with Crippen molar-refractivity contribution in [3.63, 3.8) is 0 Å². The van der Waals surface area contributed by atoms with Crippen LogP contribution in [0, 0.1) is 10.1 Å². The molecule has 0 radical (unpaired) electrons. The molecule has 33 heavy (non-hydrogen) atoms. The molecule has 9 nitrogen and oxygen atoms in total. The molecule has 1 heterocycles. The maximum absolute atomic E-state index is 13.1. The number of hydrogen-bond donors (Lipinski definition) is 1. The normalized spacial score (nSPS) is 18.4. The highest BCUT2D eigenvalue weighted by Crippen LogP contribution is 2.28. The Kier molecular flexibility index (Phi) is 6.48. The summed E-state index contributed by atoms with van der Waals surface area (Å²) in [4.78, 5) is 49.5. The minimum atomic E-state index is -0.734. The first-order valence-electron chi connectivity index (χ1n) is 10.8. The number of imide groups is 2. The van der Waals surface area contributed by atoms with E-state index in [1.807, 2.05) is 0 Å². The molecular formula is C24H23N3O6. The van der Waals surface area contributed by atoms with Gasteiger partial charge < -0.3 is 4.74 Å². The highest BCUT2D eigenvalue weighted by Gasteiger charge is 2.40. The third-order valence-corrected chi connectivity index (χ3v) is 5.83. The van der Waals surface area contributed by atoms with Crippen molar-refractivity contribution in [2.75, 3.05) is 0 Å². The zero-order valence-corrected chi connectivity index (χ0v) is 17.9. The van der Waals surface area contributed by atoms with Gasteiger partial charge in [0, 0.05) is 23.7 Å². The number of nitrogens with zero attached hydrogens (tertiary/aromatic N) is 2. The zero-order valence-electron chi connectivity index (χ0n) is 17.9. The molecule has 0 unspecified atom stereocenters. The third kappa shape index (κ3) is 4.92. The summed E-state index contributed by atoms with van der Waals surface area (Å²) in [7, 11) is 0. The van der Waals surface area contributed by atoms with Crippen molar-refractivity contribution < 1.29 is 24.0 Å². The molecule has 170 valence electrons. The standard InChI is InChI=1S/C24H23N3O6/c28-22-20(23(29)26(24(30)25-22)18-7-2-1-3-8-18)14-17-6-4-5-9-21(17)33-15-16-10-12-19(13-11-16)27(31)32/h4-6,9-14,18H,1-3,7-8,15H2,(H,25,28,30). The molecule has 2 aromatic rings. The summed E-state index contributed by atoms with van der Waals surface area (Å²) >= 11 is 0. The second-order valence-corrected chi connectivity index (χ2v) is 8.03. The molecule has 2 aliphatic rings. The predicted octanol–water partition coefficient (Wildman–Crippen LogP) is 3.97. The van der Waals surface area contributed by atoms with Crippen LogP contribution in [0.4, 0.5) is 10.5 Å². The molecule has 0 atom stereocenters. The number of benzene rings is 2. The SMILES string of the molecule is O=C1NC(=O)N(C2CCCCC2)C(=O)C1=Cc1ccccc1OCc1ccc([N+](=O)[O-])cc1. The van der Waals surface area contributed by atoms with Crippen LogP contribution in [0.3, 0.4) is 0 Å². The minimum absolute atomic E-state index is 0.0113. The maximum Gasteiger partial charge on any atom is 0.331 e. The molecule has 4 amide bonds. The number of non-ortho nitro benzene ring substituents is 1. The summed E-state index contributed by atoms with van der Waals surface area (Å²) in [5, 5.41) is 13.1. The number of carbonyl (C=O) groups is 3. The number of urea groups is 1. The molecule has 9 heteroatoms. The Balaban J connectivity index is 1.55. The van der Waals surface area contributed by atoms with E-state index in [2.05, 4.69) is 5.32 Å². The Morgan fingerprint density at radius 3 is 2.42 bits per heavy atom. The van der Waals surface area contributed by atoms with Gasteiger partial charge in [0.05, 0.1) is 4.92 Å². The number of amides is 4.